The van der Waals surface area contributed by atoms with Crippen molar-refractivity contribution in [3.8, 4) is 5.75 Å². The van der Waals surface area contributed by atoms with Gasteiger partial charge >= 0.3 is 0 Å². The van der Waals surface area contributed by atoms with Crippen molar-refractivity contribution < 1.29 is 9.90 Å². The Labute approximate surface area is 126 Å². The number of carbonyl (C=O) groups is 1. The van der Waals surface area contributed by atoms with E-state index < -0.39 is 0 Å². The van der Waals surface area contributed by atoms with Crippen molar-refractivity contribution in [1.82, 2.24) is 9.88 Å². The molecule has 0 spiro atoms. The van der Waals surface area contributed by atoms with E-state index in [1.807, 2.05) is 35.7 Å². The topological polar surface area (TPSA) is 53.4 Å². The number of phenols is 1. The van der Waals surface area contributed by atoms with Crippen LogP contribution in [0.2, 0.25) is 0 Å². The van der Waals surface area contributed by atoms with Crippen molar-refractivity contribution in [3.05, 3.63) is 58.5 Å². The van der Waals surface area contributed by atoms with Crippen LogP contribution in [0, 0.1) is 0 Å². The number of amides is 1. The van der Waals surface area contributed by atoms with Crippen LogP contribution in [0.1, 0.15) is 16.1 Å². The van der Waals surface area contributed by atoms with Gasteiger partial charge in [0, 0.05) is 17.8 Å². The summed E-state index contributed by atoms with van der Waals surface area (Å²) < 4.78 is 0. The number of nitrogens with zero attached hydrogens (tertiary/aromatic N) is 2. The van der Waals surface area contributed by atoms with Crippen molar-refractivity contribution >= 4 is 28.0 Å². The first-order chi connectivity index (χ1) is 10.2. The first-order valence-corrected chi connectivity index (χ1v) is 7.44. The van der Waals surface area contributed by atoms with E-state index in [0.717, 1.165) is 11.1 Å². The van der Waals surface area contributed by atoms with Crippen molar-refractivity contribution in [2.45, 2.75) is 6.54 Å². The van der Waals surface area contributed by atoms with E-state index >= 15 is 0 Å². The Balaban J connectivity index is 1.92. The van der Waals surface area contributed by atoms with Gasteiger partial charge in [-0.25, -0.2) is 4.98 Å². The van der Waals surface area contributed by atoms with Gasteiger partial charge in [0.25, 0.3) is 5.91 Å². The van der Waals surface area contributed by atoms with Gasteiger partial charge in [-0.1, -0.05) is 30.3 Å². The van der Waals surface area contributed by atoms with Crippen LogP contribution in [0.5, 0.6) is 5.75 Å². The molecule has 21 heavy (non-hydrogen) atoms. The lowest BCUT2D eigenvalue weighted by atomic mass is 10.0. The van der Waals surface area contributed by atoms with E-state index in [1.54, 1.807) is 23.5 Å². The second-order valence-corrected chi connectivity index (χ2v) is 5.54. The molecule has 0 radical (unpaired) electrons. The smallest absolute Gasteiger partial charge is 0.257 e. The molecule has 106 valence electrons. The second-order valence-electron chi connectivity index (χ2n) is 4.82. The minimum absolute atomic E-state index is 0.0308. The van der Waals surface area contributed by atoms with Crippen molar-refractivity contribution in [1.29, 1.82) is 0 Å². The lowest BCUT2D eigenvalue weighted by Crippen LogP contribution is -2.26. The lowest BCUT2D eigenvalue weighted by Gasteiger charge is -2.17. The van der Waals surface area contributed by atoms with E-state index in [2.05, 4.69) is 4.98 Å². The van der Waals surface area contributed by atoms with Gasteiger partial charge in [0.1, 0.15) is 5.75 Å². The molecule has 1 amide bonds. The second kappa shape index (κ2) is 5.54. The molecule has 0 fully saturated rings. The maximum absolute atomic E-state index is 12.5. The highest BCUT2D eigenvalue weighted by atomic mass is 32.1. The predicted octanol–water partition coefficient (Wildman–Crippen LogP) is 3.27. The highest BCUT2D eigenvalue weighted by Gasteiger charge is 2.18. The average molecular weight is 298 g/mol. The standard InChI is InChI=1S/C16H14N2O2S/c1-18(8-12-9-21-10-17-12)16(20)14-7-6-11-4-2-3-5-13(11)15(14)19/h2-7,9-10,19H,8H2,1H3. The Morgan fingerprint density at radius 3 is 2.86 bits per heavy atom. The van der Waals surface area contributed by atoms with Crippen LogP contribution in [-0.2, 0) is 6.54 Å². The molecular formula is C16H14N2O2S. The van der Waals surface area contributed by atoms with Crippen molar-refractivity contribution in [2.24, 2.45) is 0 Å². The number of benzene rings is 2. The van der Waals surface area contributed by atoms with E-state index in [4.69, 9.17) is 0 Å². The van der Waals surface area contributed by atoms with Crippen LogP contribution >= 0.6 is 11.3 Å². The Hall–Kier alpha value is -2.40. The Kier molecular flexibility index (Phi) is 3.58. The zero-order valence-corrected chi connectivity index (χ0v) is 12.3. The van der Waals surface area contributed by atoms with Crippen LogP contribution in [0.25, 0.3) is 10.8 Å². The van der Waals surface area contributed by atoms with Crippen LogP contribution in [-0.4, -0.2) is 27.9 Å². The summed E-state index contributed by atoms with van der Waals surface area (Å²) in [5.41, 5.74) is 2.89. The van der Waals surface area contributed by atoms with Gasteiger partial charge in [-0.05, 0) is 11.5 Å². The molecule has 5 heteroatoms. The van der Waals surface area contributed by atoms with Crippen LogP contribution in [0.15, 0.2) is 47.3 Å². The predicted molar refractivity (Wildman–Crippen MR) is 83.5 cm³/mol. The van der Waals surface area contributed by atoms with Gasteiger partial charge in [0.15, 0.2) is 0 Å². The fourth-order valence-corrected chi connectivity index (χ4v) is 2.81. The Morgan fingerprint density at radius 2 is 2.10 bits per heavy atom. The number of fused-ring (bicyclic) bond motifs is 1. The molecular weight excluding hydrogens is 284 g/mol. The van der Waals surface area contributed by atoms with Gasteiger partial charge in [-0.15, -0.1) is 11.3 Å². The molecule has 0 unspecified atom stereocenters. The Morgan fingerprint density at radius 1 is 1.29 bits per heavy atom. The molecule has 0 aliphatic carbocycles. The third-order valence-electron chi connectivity index (χ3n) is 3.36. The van der Waals surface area contributed by atoms with Crippen LogP contribution < -0.4 is 0 Å². The van der Waals surface area contributed by atoms with Crippen LogP contribution in [0.3, 0.4) is 0 Å². The highest BCUT2D eigenvalue weighted by molar-refractivity contribution is 7.07. The summed E-state index contributed by atoms with van der Waals surface area (Å²) in [5.74, 6) is -0.186. The molecule has 0 aliphatic rings. The van der Waals surface area contributed by atoms with E-state index in [9.17, 15) is 9.90 Å². The SMILES string of the molecule is CN(Cc1cscn1)C(=O)c1ccc2ccccc2c1O. The number of aromatic hydroxyl groups is 1. The normalized spacial score (nSPS) is 10.7. The van der Waals surface area contributed by atoms with Gasteiger partial charge in [0.2, 0.25) is 0 Å². The fourth-order valence-electron chi connectivity index (χ4n) is 2.26. The minimum atomic E-state index is -0.216. The molecule has 0 aliphatic heterocycles. The quantitative estimate of drug-likeness (QED) is 0.807. The number of rotatable bonds is 3. The summed E-state index contributed by atoms with van der Waals surface area (Å²) in [6.07, 6.45) is 0. The molecule has 3 aromatic rings. The number of thiazole rings is 1. The van der Waals surface area contributed by atoms with Gasteiger partial charge in [-0.2, -0.15) is 0 Å². The fraction of sp³-hybridized carbons (Fsp3) is 0.125. The summed E-state index contributed by atoms with van der Waals surface area (Å²) in [7, 11) is 1.70. The molecule has 0 saturated carbocycles. The summed E-state index contributed by atoms with van der Waals surface area (Å²) >= 11 is 1.50. The van der Waals surface area contributed by atoms with Crippen molar-refractivity contribution in [2.75, 3.05) is 7.05 Å². The summed E-state index contributed by atoms with van der Waals surface area (Å²) in [5, 5.41) is 13.8. The highest BCUT2D eigenvalue weighted by Crippen LogP contribution is 2.29. The third kappa shape index (κ3) is 2.60. The lowest BCUT2D eigenvalue weighted by molar-refractivity contribution is 0.0781. The molecule has 0 saturated heterocycles. The minimum Gasteiger partial charge on any atom is -0.506 e. The molecule has 3 rings (SSSR count). The molecule has 0 bridgehead atoms. The van der Waals surface area contributed by atoms with Gasteiger partial charge < -0.3 is 10.0 Å². The first kappa shape index (κ1) is 13.6. The van der Waals surface area contributed by atoms with E-state index in [-0.39, 0.29) is 11.7 Å². The molecule has 0 atom stereocenters. The molecule has 1 heterocycles. The first-order valence-electron chi connectivity index (χ1n) is 6.50. The summed E-state index contributed by atoms with van der Waals surface area (Å²) in [4.78, 5) is 18.2. The van der Waals surface area contributed by atoms with Crippen molar-refractivity contribution in [3.63, 3.8) is 0 Å². The average Bonchev–Trinajstić information content (AvgIpc) is 3.00. The number of carbonyl (C=O) groups excluding carboxylic acids is 1. The maximum Gasteiger partial charge on any atom is 0.257 e. The van der Waals surface area contributed by atoms with Gasteiger partial charge in [-0.3, -0.25) is 4.79 Å². The summed E-state index contributed by atoms with van der Waals surface area (Å²) in [6.45, 7) is 0.425. The monoisotopic (exact) mass is 298 g/mol. The molecule has 1 N–H and O–H groups in total. The molecule has 1 aromatic heterocycles. The van der Waals surface area contributed by atoms with E-state index in [0.29, 0.717) is 17.5 Å². The number of hydrogen-bond donors (Lipinski definition) is 1. The van der Waals surface area contributed by atoms with E-state index in [1.165, 1.54) is 11.3 Å². The number of hydrogen-bond acceptors (Lipinski definition) is 4. The zero-order valence-electron chi connectivity index (χ0n) is 11.5. The van der Waals surface area contributed by atoms with Crippen LogP contribution in [0.4, 0.5) is 0 Å². The Bertz CT molecular complexity index is 784. The molecule has 4 nitrogen and oxygen atoms in total. The number of aromatic nitrogens is 1. The van der Waals surface area contributed by atoms with Gasteiger partial charge in [0.05, 0.1) is 23.3 Å². The zero-order chi connectivity index (χ0) is 14.8. The number of phenolic OH excluding ortho intramolecular Hbond substituents is 1. The largest absolute Gasteiger partial charge is 0.506 e. The maximum atomic E-state index is 12.5. The summed E-state index contributed by atoms with van der Waals surface area (Å²) in [6, 6.07) is 11.0. The third-order valence-corrected chi connectivity index (χ3v) is 4.00. The molecule has 2 aromatic carbocycles.